The van der Waals surface area contributed by atoms with E-state index in [1.165, 1.54) is 25.7 Å². The number of amides is 1. The number of nitrogens with zero attached hydrogens (tertiary/aromatic N) is 1. The minimum absolute atomic E-state index is 0.117. The molecule has 3 fully saturated rings. The summed E-state index contributed by atoms with van der Waals surface area (Å²) in [5.41, 5.74) is 7.93. The summed E-state index contributed by atoms with van der Waals surface area (Å²) >= 11 is 0. The van der Waals surface area contributed by atoms with E-state index in [4.69, 9.17) is 5.73 Å². The SMILES string of the molecule is Nc1c(C(=O)NCC2CC3CCC2C3)n[nH]c1C1CC1. The van der Waals surface area contributed by atoms with Gasteiger partial charge in [0, 0.05) is 12.5 Å². The number of hydrogen-bond donors (Lipinski definition) is 3. The van der Waals surface area contributed by atoms with E-state index in [-0.39, 0.29) is 5.91 Å². The molecule has 0 spiro atoms. The molecule has 20 heavy (non-hydrogen) atoms. The number of carbonyl (C=O) groups is 1. The quantitative estimate of drug-likeness (QED) is 0.785. The first-order chi connectivity index (χ1) is 9.72. The van der Waals surface area contributed by atoms with Gasteiger partial charge in [0.1, 0.15) is 0 Å². The second-order valence-electron chi connectivity index (χ2n) is 6.82. The Morgan fingerprint density at radius 1 is 1.30 bits per heavy atom. The van der Waals surface area contributed by atoms with E-state index in [1.807, 2.05) is 0 Å². The van der Waals surface area contributed by atoms with E-state index in [1.54, 1.807) is 0 Å². The molecule has 3 saturated carbocycles. The van der Waals surface area contributed by atoms with Gasteiger partial charge in [-0.25, -0.2) is 0 Å². The Bertz CT molecular complexity index is 534. The predicted octanol–water partition coefficient (Wildman–Crippen LogP) is 2.04. The highest BCUT2D eigenvalue weighted by atomic mass is 16.1. The van der Waals surface area contributed by atoms with Crippen LogP contribution in [-0.2, 0) is 0 Å². The number of hydrogen-bond acceptors (Lipinski definition) is 3. The van der Waals surface area contributed by atoms with Crippen molar-refractivity contribution in [3.63, 3.8) is 0 Å². The van der Waals surface area contributed by atoms with Gasteiger partial charge in [-0.1, -0.05) is 6.42 Å². The number of nitrogen functional groups attached to an aromatic ring is 1. The average molecular weight is 274 g/mol. The molecule has 1 heterocycles. The van der Waals surface area contributed by atoms with E-state index in [2.05, 4.69) is 15.5 Å². The standard InChI is InChI=1S/C15H22N4O/c16-12-13(9-3-4-9)18-19-14(12)15(20)17-7-11-6-8-1-2-10(11)5-8/h8-11H,1-7,16H2,(H,17,20)(H,18,19). The average Bonchev–Trinajstić information content (AvgIpc) is 2.90. The number of nitrogens with one attached hydrogen (secondary N) is 2. The Balaban J connectivity index is 1.38. The van der Waals surface area contributed by atoms with Crippen LogP contribution in [0.25, 0.3) is 0 Å². The van der Waals surface area contributed by atoms with Gasteiger partial charge in [-0.05, 0) is 49.9 Å². The molecule has 2 bridgehead atoms. The molecule has 0 aliphatic heterocycles. The lowest BCUT2D eigenvalue weighted by Crippen LogP contribution is -2.32. The Morgan fingerprint density at radius 3 is 2.80 bits per heavy atom. The molecule has 4 rings (SSSR count). The normalized spacial score (nSPS) is 31.7. The number of carbonyl (C=O) groups excluding carboxylic acids is 1. The van der Waals surface area contributed by atoms with Crippen LogP contribution in [-0.4, -0.2) is 22.6 Å². The van der Waals surface area contributed by atoms with Crippen molar-refractivity contribution in [1.82, 2.24) is 15.5 Å². The van der Waals surface area contributed by atoms with Gasteiger partial charge in [0.15, 0.2) is 5.69 Å². The summed E-state index contributed by atoms with van der Waals surface area (Å²) in [4.78, 5) is 12.2. The summed E-state index contributed by atoms with van der Waals surface area (Å²) in [6, 6.07) is 0. The number of nitrogens with two attached hydrogens (primary N) is 1. The number of aromatic amines is 1. The molecule has 1 amide bonds. The summed E-state index contributed by atoms with van der Waals surface area (Å²) in [5, 5.41) is 10.1. The zero-order valence-corrected chi connectivity index (χ0v) is 11.7. The van der Waals surface area contributed by atoms with Gasteiger partial charge in [-0.15, -0.1) is 0 Å². The van der Waals surface area contributed by atoms with E-state index >= 15 is 0 Å². The molecule has 5 heteroatoms. The third-order valence-electron chi connectivity index (χ3n) is 5.44. The van der Waals surface area contributed by atoms with E-state index in [0.29, 0.717) is 23.2 Å². The molecule has 3 aliphatic rings. The Kier molecular flexibility index (Phi) is 2.75. The van der Waals surface area contributed by atoms with Crippen LogP contribution in [0.1, 0.15) is 60.6 Å². The lowest BCUT2D eigenvalue weighted by molar-refractivity contribution is 0.0937. The fourth-order valence-electron chi connectivity index (χ4n) is 4.15. The van der Waals surface area contributed by atoms with Crippen LogP contribution in [0.5, 0.6) is 0 Å². The topological polar surface area (TPSA) is 83.8 Å². The maximum atomic E-state index is 12.2. The molecular formula is C15H22N4O. The second-order valence-corrected chi connectivity index (χ2v) is 6.82. The van der Waals surface area contributed by atoms with Gasteiger partial charge in [0.05, 0.1) is 11.4 Å². The van der Waals surface area contributed by atoms with Crippen LogP contribution < -0.4 is 11.1 Å². The zero-order chi connectivity index (χ0) is 13.7. The van der Waals surface area contributed by atoms with Gasteiger partial charge < -0.3 is 11.1 Å². The van der Waals surface area contributed by atoms with Crippen molar-refractivity contribution in [2.24, 2.45) is 17.8 Å². The lowest BCUT2D eigenvalue weighted by atomic mass is 9.89. The minimum atomic E-state index is -0.117. The highest BCUT2D eigenvalue weighted by molar-refractivity contribution is 5.97. The summed E-state index contributed by atoms with van der Waals surface area (Å²) in [6.45, 7) is 0.783. The zero-order valence-electron chi connectivity index (χ0n) is 11.7. The van der Waals surface area contributed by atoms with Crippen LogP contribution in [0.15, 0.2) is 0 Å². The molecule has 3 unspecified atom stereocenters. The smallest absolute Gasteiger partial charge is 0.273 e. The third kappa shape index (κ3) is 2.00. The van der Waals surface area contributed by atoms with Gasteiger partial charge in [0.2, 0.25) is 0 Å². The maximum Gasteiger partial charge on any atom is 0.273 e. The molecule has 108 valence electrons. The van der Waals surface area contributed by atoms with Crippen molar-refractivity contribution in [2.75, 3.05) is 12.3 Å². The fraction of sp³-hybridized carbons (Fsp3) is 0.733. The highest BCUT2D eigenvalue weighted by Gasteiger charge is 2.39. The van der Waals surface area contributed by atoms with Crippen molar-refractivity contribution in [3.8, 4) is 0 Å². The molecular weight excluding hydrogens is 252 g/mol. The molecule has 3 aliphatic carbocycles. The Labute approximate surface area is 118 Å². The molecule has 1 aromatic heterocycles. The largest absolute Gasteiger partial charge is 0.395 e. The predicted molar refractivity (Wildman–Crippen MR) is 76.2 cm³/mol. The number of H-pyrrole nitrogens is 1. The molecule has 0 aromatic carbocycles. The first-order valence-electron chi connectivity index (χ1n) is 7.84. The summed E-state index contributed by atoms with van der Waals surface area (Å²) in [7, 11) is 0. The van der Waals surface area contributed by atoms with Gasteiger partial charge in [0.25, 0.3) is 5.91 Å². The molecule has 5 nitrogen and oxygen atoms in total. The summed E-state index contributed by atoms with van der Waals surface area (Å²) in [5.74, 6) is 2.79. The van der Waals surface area contributed by atoms with Crippen molar-refractivity contribution in [1.29, 1.82) is 0 Å². The van der Waals surface area contributed by atoms with Gasteiger partial charge in [-0.3, -0.25) is 9.89 Å². The van der Waals surface area contributed by atoms with E-state index in [9.17, 15) is 4.79 Å². The van der Waals surface area contributed by atoms with Crippen LogP contribution in [0.2, 0.25) is 0 Å². The molecule has 1 aromatic rings. The highest BCUT2D eigenvalue weighted by Crippen LogP contribution is 2.48. The van der Waals surface area contributed by atoms with E-state index < -0.39 is 0 Å². The molecule has 3 atom stereocenters. The van der Waals surface area contributed by atoms with Crippen molar-refractivity contribution < 1.29 is 4.79 Å². The Hall–Kier alpha value is -1.52. The van der Waals surface area contributed by atoms with Crippen molar-refractivity contribution >= 4 is 11.6 Å². The molecule has 0 saturated heterocycles. The maximum absolute atomic E-state index is 12.2. The fourth-order valence-corrected chi connectivity index (χ4v) is 4.15. The van der Waals surface area contributed by atoms with Crippen LogP contribution in [0, 0.1) is 17.8 Å². The van der Waals surface area contributed by atoms with Gasteiger partial charge in [-0.2, -0.15) is 5.10 Å². The van der Waals surface area contributed by atoms with Crippen LogP contribution in [0.4, 0.5) is 5.69 Å². The third-order valence-corrected chi connectivity index (χ3v) is 5.44. The summed E-state index contributed by atoms with van der Waals surface area (Å²) in [6.07, 6.45) is 7.70. The number of anilines is 1. The van der Waals surface area contributed by atoms with E-state index in [0.717, 1.165) is 36.9 Å². The van der Waals surface area contributed by atoms with Crippen molar-refractivity contribution in [2.45, 2.75) is 44.4 Å². The molecule has 4 N–H and O–H groups in total. The van der Waals surface area contributed by atoms with Crippen molar-refractivity contribution in [3.05, 3.63) is 11.4 Å². The molecule has 0 radical (unpaired) electrons. The number of rotatable bonds is 4. The Morgan fingerprint density at radius 2 is 2.15 bits per heavy atom. The minimum Gasteiger partial charge on any atom is -0.395 e. The summed E-state index contributed by atoms with van der Waals surface area (Å²) < 4.78 is 0. The number of aromatic nitrogens is 2. The van der Waals surface area contributed by atoms with Crippen LogP contribution >= 0.6 is 0 Å². The number of fused-ring (bicyclic) bond motifs is 2. The first kappa shape index (κ1) is 12.2. The second kappa shape index (κ2) is 4.50. The lowest BCUT2D eigenvalue weighted by Gasteiger charge is -2.21. The van der Waals surface area contributed by atoms with Gasteiger partial charge >= 0.3 is 0 Å². The van der Waals surface area contributed by atoms with Crippen LogP contribution in [0.3, 0.4) is 0 Å². The first-order valence-corrected chi connectivity index (χ1v) is 7.84. The monoisotopic (exact) mass is 274 g/mol.